The molecular formula is C16H20N2O3S. The van der Waals surface area contributed by atoms with E-state index >= 15 is 0 Å². The van der Waals surface area contributed by atoms with E-state index in [-0.39, 0.29) is 5.91 Å². The van der Waals surface area contributed by atoms with Crippen molar-refractivity contribution >= 4 is 17.2 Å². The first-order valence-electron chi connectivity index (χ1n) is 7.11. The zero-order valence-electron chi connectivity index (χ0n) is 13.0. The SMILES string of the molecule is CCCNC(=O)Cc1csc(-c2ccc(OC)c(OC)c2)n1. The van der Waals surface area contributed by atoms with Gasteiger partial charge in [0.15, 0.2) is 11.5 Å². The van der Waals surface area contributed by atoms with Gasteiger partial charge in [-0.3, -0.25) is 4.79 Å². The number of thiazole rings is 1. The number of methoxy groups -OCH3 is 2. The van der Waals surface area contributed by atoms with E-state index in [9.17, 15) is 4.79 Å². The Kier molecular flexibility index (Phi) is 5.77. The van der Waals surface area contributed by atoms with Gasteiger partial charge in [-0.05, 0) is 24.6 Å². The van der Waals surface area contributed by atoms with Gasteiger partial charge in [-0.2, -0.15) is 0 Å². The summed E-state index contributed by atoms with van der Waals surface area (Å²) in [5.74, 6) is 1.35. The Balaban J connectivity index is 2.12. The molecule has 0 saturated carbocycles. The van der Waals surface area contributed by atoms with Crippen LogP contribution >= 0.6 is 11.3 Å². The van der Waals surface area contributed by atoms with Crippen LogP contribution in [0.25, 0.3) is 10.6 Å². The molecule has 5 nitrogen and oxygen atoms in total. The topological polar surface area (TPSA) is 60.5 Å². The highest BCUT2D eigenvalue weighted by Gasteiger charge is 2.11. The third-order valence-electron chi connectivity index (χ3n) is 3.10. The number of amides is 1. The number of hydrogen-bond donors (Lipinski definition) is 1. The van der Waals surface area contributed by atoms with Gasteiger partial charge < -0.3 is 14.8 Å². The maximum absolute atomic E-state index is 11.7. The van der Waals surface area contributed by atoms with Gasteiger partial charge in [0, 0.05) is 17.5 Å². The Morgan fingerprint density at radius 3 is 2.73 bits per heavy atom. The van der Waals surface area contributed by atoms with Crippen LogP contribution in [0.15, 0.2) is 23.6 Å². The standard InChI is InChI=1S/C16H20N2O3S/c1-4-7-17-15(19)9-12-10-22-16(18-12)11-5-6-13(20-2)14(8-11)21-3/h5-6,8,10H,4,7,9H2,1-3H3,(H,17,19). The summed E-state index contributed by atoms with van der Waals surface area (Å²) < 4.78 is 10.5. The predicted molar refractivity (Wildman–Crippen MR) is 87.7 cm³/mol. The quantitative estimate of drug-likeness (QED) is 0.852. The molecule has 0 unspecified atom stereocenters. The van der Waals surface area contributed by atoms with Crippen LogP contribution in [0.4, 0.5) is 0 Å². The molecule has 0 spiro atoms. The fourth-order valence-corrected chi connectivity index (χ4v) is 2.80. The second-order valence-corrected chi connectivity index (χ2v) is 5.60. The van der Waals surface area contributed by atoms with E-state index in [4.69, 9.17) is 9.47 Å². The molecule has 0 radical (unpaired) electrons. The third-order valence-corrected chi connectivity index (χ3v) is 4.04. The van der Waals surface area contributed by atoms with Crippen molar-refractivity contribution in [2.75, 3.05) is 20.8 Å². The number of nitrogens with zero attached hydrogens (tertiary/aromatic N) is 1. The van der Waals surface area contributed by atoms with Crippen molar-refractivity contribution in [2.45, 2.75) is 19.8 Å². The maximum atomic E-state index is 11.7. The normalized spacial score (nSPS) is 10.3. The minimum absolute atomic E-state index is 0.00557. The number of carbonyl (C=O) groups excluding carboxylic acids is 1. The summed E-state index contributed by atoms with van der Waals surface area (Å²) in [6, 6.07) is 5.67. The molecule has 0 atom stereocenters. The first kappa shape index (κ1) is 16.3. The van der Waals surface area contributed by atoms with E-state index in [1.54, 1.807) is 14.2 Å². The molecule has 2 rings (SSSR count). The van der Waals surface area contributed by atoms with Crippen molar-refractivity contribution in [1.29, 1.82) is 0 Å². The molecule has 1 N–H and O–H groups in total. The van der Waals surface area contributed by atoms with Crippen LogP contribution in [0.5, 0.6) is 11.5 Å². The zero-order valence-corrected chi connectivity index (χ0v) is 13.8. The Morgan fingerprint density at radius 2 is 2.05 bits per heavy atom. The molecule has 0 aliphatic carbocycles. The van der Waals surface area contributed by atoms with Gasteiger partial charge in [-0.25, -0.2) is 4.98 Å². The summed E-state index contributed by atoms with van der Waals surface area (Å²) >= 11 is 1.51. The average Bonchev–Trinajstić information content (AvgIpc) is 3.00. The van der Waals surface area contributed by atoms with Gasteiger partial charge in [-0.15, -0.1) is 11.3 Å². The van der Waals surface area contributed by atoms with E-state index in [0.717, 1.165) is 22.7 Å². The molecule has 22 heavy (non-hydrogen) atoms. The first-order chi connectivity index (χ1) is 10.7. The molecule has 1 aromatic heterocycles. The summed E-state index contributed by atoms with van der Waals surface area (Å²) in [6.07, 6.45) is 1.24. The summed E-state index contributed by atoms with van der Waals surface area (Å²) in [7, 11) is 3.21. The van der Waals surface area contributed by atoms with E-state index in [2.05, 4.69) is 10.3 Å². The molecule has 0 aliphatic rings. The van der Waals surface area contributed by atoms with E-state index < -0.39 is 0 Å². The molecule has 1 heterocycles. The zero-order chi connectivity index (χ0) is 15.9. The van der Waals surface area contributed by atoms with Gasteiger partial charge in [0.2, 0.25) is 5.91 Å². The molecular weight excluding hydrogens is 300 g/mol. The highest BCUT2D eigenvalue weighted by atomic mass is 32.1. The number of ether oxygens (including phenoxy) is 2. The van der Waals surface area contributed by atoms with E-state index in [1.165, 1.54) is 11.3 Å². The van der Waals surface area contributed by atoms with Crippen LogP contribution in [-0.4, -0.2) is 31.7 Å². The van der Waals surface area contributed by atoms with Crippen molar-refractivity contribution in [3.8, 4) is 22.1 Å². The fourth-order valence-electron chi connectivity index (χ4n) is 1.98. The summed E-state index contributed by atoms with van der Waals surface area (Å²) in [5.41, 5.74) is 1.73. The second kappa shape index (κ2) is 7.79. The van der Waals surface area contributed by atoms with Crippen molar-refractivity contribution in [1.82, 2.24) is 10.3 Å². The van der Waals surface area contributed by atoms with Crippen LogP contribution in [0.3, 0.4) is 0 Å². The van der Waals surface area contributed by atoms with Crippen molar-refractivity contribution < 1.29 is 14.3 Å². The molecule has 6 heteroatoms. The second-order valence-electron chi connectivity index (χ2n) is 4.74. The minimum atomic E-state index is 0.00557. The molecule has 0 aliphatic heterocycles. The van der Waals surface area contributed by atoms with Gasteiger partial charge in [0.25, 0.3) is 0 Å². The van der Waals surface area contributed by atoms with E-state index in [0.29, 0.717) is 24.5 Å². The lowest BCUT2D eigenvalue weighted by atomic mass is 10.2. The van der Waals surface area contributed by atoms with Crippen LogP contribution < -0.4 is 14.8 Å². The average molecular weight is 320 g/mol. The molecule has 1 amide bonds. The van der Waals surface area contributed by atoms with Crippen LogP contribution in [0, 0.1) is 0 Å². The monoisotopic (exact) mass is 320 g/mol. The largest absolute Gasteiger partial charge is 0.493 e. The first-order valence-corrected chi connectivity index (χ1v) is 7.99. The molecule has 0 saturated heterocycles. The van der Waals surface area contributed by atoms with Crippen LogP contribution in [-0.2, 0) is 11.2 Å². The fraction of sp³-hybridized carbons (Fsp3) is 0.375. The predicted octanol–water partition coefficient (Wildman–Crippen LogP) is 2.90. The summed E-state index contributed by atoms with van der Waals surface area (Å²) in [5, 5.41) is 5.63. The number of carbonyl (C=O) groups is 1. The van der Waals surface area contributed by atoms with Gasteiger partial charge in [-0.1, -0.05) is 6.92 Å². The van der Waals surface area contributed by atoms with Gasteiger partial charge >= 0.3 is 0 Å². The van der Waals surface area contributed by atoms with E-state index in [1.807, 2.05) is 30.5 Å². The number of aromatic nitrogens is 1. The highest BCUT2D eigenvalue weighted by Crippen LogP contribution is 2.33. The Hall–Kier alpha value is -2.08. The number of hydrogen-bond acceptors (Lipinski definition) is 5. The molecule has 118 valence electrons. The number of nitrogens with one attached hydrogen (secondary N) is 1. The summed E-state index contributed by atoms with van der Waals surface area (Å²) in [4.78, 5) is 16.2. The summed E-state index contributed by atoms with van der Waals surface area (Å²) in [6.45, 7) is 2.73. The molecule has 0 bridgehead atoms. The smallest absolute Gasteiger partial charge is 0.226 e. The minimum Gasteiger partial charge on any atom is -0.493 e. The Morgan fingerprint density at radius 1 is 1.27 bits per heavy atom. The van der Waals surface area contributed by atoms with Gasteiger partial charge in [0.1, 0.15) is 5.01 Å². The lowest BCUT2D eigenvalue weighted by Crippen LogP contribution is -2.25. The van der Waals surface area contributed by atoms with Crippen LogP contribution in [0.1, 0.15) is 19.0 Å². The Labute approximate surface area is 134 Å². The maximum Gasteiger partial charge on any atom is 0.226 e. The highest BCUT2D eigenvalue weighted by molar-refractivity contribution is 7.13. The third kappa shape index (κ3) is 3.98. The van der Waals surface area contributed by atoms with Crippen molar-refractivity contribution in [2.24, 2.45) is 0 Å². The van der Waals surface area contributed by atoms with Crippen LogP contribution in [0.2, 0.25) is 0 Å². The lowest BCUT2D eigenvalue weighted by molar-refractivity contribution is -0.120. The molecule has 1 aromatic carbocycles. The molecule has 2 aromatic rings. The lowest BCUT2D eigenvalue weighted by Gasteiger charge is -2.08. The molecule has 0 fully saturated rings. The Bertz CT molecular complexity index is 640. The van der Waals surface area contributed by atoms with Crippen molar-refractivity contribution in [3.05, 3.63) is 29.3 Å². The number of rotatable bonds is 7. The number of benzene rings is 1. The van der Waals surface area contributed by atoms with Crippen molar-refractivity contribution in [3.63, 3.8) is 0 Å². The van der Waals surface area contributed by atoms with Gasteiger partial charge in [0.05, 0.1) is 26.3 Å².